The molecule has 1 amide bonds. The van der Waals surface area contributed by atoms with Gasteiger partial charge in [-0.1, -0.05) is 18.6 Å². The molecule has 1 aromatic carbocycles. The van der Waals surface area contributed by atoms with Crippen LogP contribution in [-0.2, 0) is 4.79 Å². The molecule has 1 N–H and O–H groups in total. The van der Waals surface area contributed by atoms with Gasteiger partial charge in [-0.25, -0.2) is 0 Å². The molecule has 0 spiro atoms. The summed E-state index contributed by atoms with van der Waals surface area (Å²) in [5, 5.41) is 23.3. The SMILES string of the molecule is N#Cc1ccccc1OCC(=O)N1N=C2CCCC[C@H]2[C@@]1(O)C(F)(F)F. The molecule has 9 heteroatoms. The standard InChI is InChI=1S/C17H16F3N3O3/c18-17(19,20)16(25)12-6-2-3-7-13(12)22-23(16)15(24)10-26-14-8-4-1-5-11(14)9-21/h1,4-5,8,12,25H,2-3,6-7,10H2/t12-,16-/m1/s1. The molecular formula is C17H16F3N3O3. The van der Waals surface area contributed by atoms with Crippen LogP contribution in [0.25, 0.3) is 0 Å². The van der Waals surface area contributed by atoms with Gasteiger partial charge in [-0.15, -0.1) is 0 Å². The molecule has 1 aromatic rings. The third-order valence-electron chi connectivity index (χ3n) is 4.63. The molecule has 0 aromatic heterocycles. The lowest BCUT2D eigenvalue weighted by molar-refractivity contribution is -0.317. The van der Waals surface area contributed by atoms with E-state index in [-0.39, 0.29) is 28.5 Å². The molecule has 3 rings (SSSR count). The molecule has 1 aliphatic carbocycles. The monoisotopic (exact) mass is 367 g/mol. The van der Waals surface area contributed by atoms with Crippen LogP contribution in [0.5, 0.6) is 5.75 Å². The number of carbonyl (C=O) groups is 1. The Hall–Kier alpha value is -2.60. The van der Waals surface area contributed by atoms with E-state index in [1.807, 2.05) is 6.07 Å². The number of hydrogen-bond acceptors (Lipinski definition) is 5. The quantitative estimate of drug-likeness (QED) is 0.890. The minimum atomic E-state index is -5.06. The summed E-state index contributed by atoms with van der Waals surface area (Å²) in [5.74, 6) is -2.31. The van der Waals surface area contributed by atoms with E-state index in [0.717, 1.165) is 0 Å². The maximum Gasteiger partial charge on any atom is 0.439 e. The number of nitrogens with zero attached hydrogens (tertiary/aromatic N) is 3. The normalized spacial score (nSPS) is 25.3. The first kappa shape index (κ1) is 18.2. The summed E-state index contributed by atoms with van der Waals surface area (Å²) in [7, 11) is 0. The summed E-state index contributed by atoms with van der Waals surface area (Å²) in [6.45, 7) is -0.777. The lowest BCUT2D eigenvalue weighted by Crippen LogP contribution is -2.62. The van der Waals surface area contributed by atoms with E-state index in [1.165, 1.54) is 12.1 Å². The number of carbonyl (C=O) groups excluding carboxylic acids is 1. The molecule has 0 unspecified atom stereocenters. The zero-order chi connectivity index (χ0) is 18.9. The molecule has 0 radical (unpaired) electrons. The molecule has 26 heavy (non-hydrogen) atoms. The van der Waals surface area contributed by atoms with E-state index < -0.39 is 30.3 Å². The van der Waals surface area contributed by atoms with Gasteiger partial charge in [-0.2, -0.15) is 28.5 Å². The van der Waals surface area contributed by atoms with Gasteiger partial charge in [0.1, 0.15) is 11.8 Å². The van der Waals surface area contributed by atoms with Gasteiger partial charge < -0.3 is 9.84 Å². The van der Waals surface area contributed by atoms with Crippen LogP contribution in [0.1, 0.15) is 31.2 Å². The summed E-state index contributed by atoms with van der Waals surface area (Å²) >= 11 is 0. The van der Waals surface area contributed by atoms with Crippen LogP contribution in [0.2, 0.25) is 0 Å². The number of nitriles is 1. The fourth-order valence-electron chi connectivity index (χ4n) is 3.35. The Balaban J connectivity index is 1.83. The minimum Gasteiger partial charge on any atom is -0.482 e. The maximum absolute atomic E-state index is 13.6. The molecule has 0 bridgehead atoms. The van der Waals surface area contributed by atoms with Crippen LogP contribution in [0.15, 0.2) is 29.4 Å². The van der Waals surface area contributed by atoms with Gasteiger partial charge >= 0.3 is 6.18 Å². The number of aliphatic hydroxyl groups is 1. The highest BCUT2D eigenvalue weighted by atomic mass is 19.4. The van der Waals surface area contributed by atoms with Crippen molar-refractivity contribution >= 4 is 11.6 Å². The maximum atomic E-state index is 13.6. The van der Waals surface area contributed by atoms with Gasteiger partial charge in [0, 0.05) is 5.71 Å². The van der Waals surface area contributed by atoms with Crippen molar-refractivity contribution in [2.24, 2.45) is 11.0 Å². The van der Waals surface area contributed by atoms with Crippen LogP contribution in [0, 0.1) is 17.2 Å². The van der Waals surface area contributed by atoms with Crippen molar-refractivity contribution in [3.05, 3.63) is 29.8 Å². The zero-order valence-corrected chi connectivity index (χ0v) is 13.7. The van der Waals surface area contributed by atoms with Crippen molar-refractivity contribution in [3.63, 3.8) is 0 Å². The highest BCUT2D eigenvalue weighted by molar-refractivity contribution is 5.93. The van der Waals surface area contributed by atoms with Crippen LogP contribution in [-0.4, -0.2) is 40.2 Å². The Bertz CT molecular complexity index is 787. The second-order valence-electron chi connectivity index (χ2n) is 6.22. The number of alkyl halides is 3. The second kappa shape index (κ2) is 6.61. The molecule has 2 atom stereocenters. The van der Waals surface area contributed by atoms with E-state index in [2.05, 4.69) is 5.10 Å². The van der Waals surface area contributed by atoms with Crippen molar-refractivity contribution in [2.45, 2.75) is 37.6 Å². The van der Waals surface area contributed by atoms with Gasteiger partial charge in [0.2, 0.25) is 0 Å². The van der Waals surface area contributed by atoms with E-state index in [4.69, 9.17) is 10.00 Å². The van der Waals surface area contributed by atoms with E-state index in [9.17, 15) is 23.1 Å². The highest BCUT2D eigenvalue weighted by Crippen LogP contribution is 2.48. The number of amides is 1. The lowest BCUT2D eigenvalue weighted by atomic mass is 9.80. The fraction of sp³-hybridized carbons (Fsp3) is 0.471. The summed E-state index contributed by atoms with van der Waals surface area (Å²) < 4.78 is 46.0. The summed E-state index contributed by atoms with van der Waals surface area (Å²) in [5.41, 5.74) is -3.03. The first-order valence-corrected chi connectivity index (χ1v) is 8.10. The lowest BCUT2D eigenvalue weighted by Gasteiger charge is -2.38. The van der Waals surface area contributed by atoms with Crippen LogP contribution in [0.4, 0.5) is 13.2 Å². The molecule has 1 saturated carbocycles. The highest BCUT2D eigenvalue weighted by Gasteiger charge is 2.68. The number of para-hydroxylation sites is 1. The predicted octanol–water partition coefficient (Wildman–Crippen LogP) is 2.58. The fourth-order valence-corrected chi connectivity index (χ4v) is 3.35. The van der Waals surface area contributed by atoms with Gasteiger partial charge in [-0.05, 0) is 31.4 Å². The Labute approximate surface area is 147 Å². The van der Waals surface area contributed by atoms with E-state index in [1.54, 1.807) is 12.1 Å². The number of benzene rings is 1. The van der Waals surface area contributed by atoms with Crippen molar-refractivity contribution in [3.8, 4) is 11.8 Å². The van der Waals surface area contributed by atoms with Gasteiger partial charge in [0.15, 0.2) is 6.61 Å². The molecule has 1 heterocycles. The number of hydrazone groups is 1. The molecule has 138 valence electrons. The third-order valence-corrected chi connectivity index (χ3v) is 4.63. The second-order valence-corrected chi connectivity index (χ2v) is 6.22. The number of fused-ring (bicyclic) bond motifs is 1. The van der Waals surface area contributed by atoms with Gasteiger partial charge in [0.25, 0.3) is 11.6 Å². The molecule has 6 nitrogen and oxygen atoms in total. The average Bonchev–Trinajstić information content (AvgIpc) is 2.94. The van der Waals surface area contributed by atoms with Crippen molar-refractivity contribution in [1.82, 2.24) is 5.01 Å². The van der Waals surface area contributed by atoms with Crippen LogP contribution < -0.4 is 4.74 Å². The third kappa shape index (κ3) is 2.90. The molecule has 1 aliphatic heterocycles. The molecule has 1 fully saturated rings. The van der Waals surface area contributed by atoms with E-state index in [0.29, 0.717) is 19.3 Å². The number of ether oxygens (including phenoxy) is 1. The van der Waals surface area contributed by atoms with Crippen LogP contribution in [0.3, 0.4) is 0 Å². The Morgan fingerprint density at radius 3 is 2.85 bits per heavy atom. The zero-order valence-electron chi connectivity index (χ0n) is 13.7. The first-order chi connectivity index (χ1) is 12.3. The van der Waals surface area contributed by atoms with E-state index >= 15 is 0 Å². The predicted molar refractivity (Wildman–Crippen MR) is 83.9 cm³/mol. The Morgan fingerprint density at radius 1 is 1.42 bits per heavy atom. The van der Waals surface area contributed by atoms with Crippen LogP contribution >= 0.6 is 0 Å². The van der Waals surface area contributed by atoms with Crippen molar-refractivity contribution in [1.29, 1.82) is 5.26 Å². The molecule has 2 aliphatic rings. The number of halogens is 3. The van der Waals surface area contributed by atoms with Crippen molar-refractivity contribution < 1.29 is 27.8 Å². The summed E-state index contributed by atoms with van der Waals surface area (Å²) in [4.78, 5) is 12.4. The molecule has 0 saturated heterocycles. The van der Waals surface area contributed by atoms with Crippen molar-refractivity contribution in [2.75, 3.05) is 6.61 Å². The topological polar surface area (TPSA) is 85.9 Å². The summed E-state index contributed by atoms with van der Waals surface area (Å²) in [6.07, 6.45) is -3.45. The van der Waals surface area contributed by atoms with Gasteiger partial charge in [-0.3, -0.25) is 4.79 Å². The smallest absolute Gasteiger partial charge is 0.439 e. The largest absolute Gasteiger partial charge is 0.482 e. The molecular weight excluding hydrogens is 351 g/mol. The Kier molecular flexibility index (Phi) is 4.63. The Morgan fingerprint density at radius 2 is 2.15 bits per heavy atom. The summed E-state index contributed by atoms with van der Waals surface area (Å²) in [6, 6.07) is 7.90. The number of rotatable bonds is 3. The van der Waals surface area contributed by atoms with Gasteiger partial charge in [0.05, 0.1) is 11.5 Å². The minimum absolute atomic E-state index is 0.0724. The first-order valence-electron chi connectivity index (χ1n) is 8.10. The number of hydrogen-bond donors (Lipinski definition) is 1. The average molecular weight is 367 g/mol.